The summed E-state index contributed by atoms with van der Waals surface area (Å²) >= 11 is 12.2. The second-order valence-electron chi connectivity index (χ2n) is 7.96. The van der Waals surface area contributed by atoms with E-state index in [4.69, 9.17) is 23.2 Å². The van der Waals surface area contributed by atoms with E-state index >= 15 is 0 Å². The van der Waals surface area contributed by atoms with Crippen molar-refractivity contribution in [2.45, 2.75) is 17.9 Å². The molecule has 1 heterocycles. The van der Waals surface area contributed by atoms with Gasteiger partial charge in [0.2, 0.25) is 5.91 Å². The molecule has 1 amide bonds. The summed E-state index contributed by atoms with van der Waals surface area (Å²) in [7, 11) is 1.89. The van der Waals surface area contributed by atoms with E-state index in [0.717, 1.165) is 18.5 Å². The van der Waals surface area contributed by atoms with Crippen LogP contribution in [0.25, 0.3) is 0 Å². The van der Waals surface area contributed by atoms with E-state index in [1.54, 1.807) is 47.2 Å². The standard InChI is InChI=1S/C22H26Cl2N4O3S/c1-26(2)11-6-12-28(14-16-9-10-18(23)19(24)13-16)21(29)15-27(3)22-17-7-4-5-8-20(17)32(30,31)25-22/h4-5,7-10,13H,6,11-12,14-15H2,1-3H3. The van der Waals surface area contributed by atoms with Crippen molar-refractivity contribution < 1.29 is 13.2 Å². The topological polar surface area (TPSA) is 73.3 Å². The van der Waals surface area contributed by atoms with E-state index in [1.165, 1.54) is 6.07 Å². The van der Waals surface area contributed by atoms with Crippen LogP contribution in [0.15, 0.2) is 51.8 Å². The molecular weight excluding hydrogens is 471 g/mol. The molecule has 0 atom stereocenters. The highest BCUT2D eigenvalue weighted by Crippen LogP contribution is 2.27. The van der Waals surface area contributed by atoms with Crippen LogP contribution in [0.2, 0.25) is 10.0 Å². The number of carbonyl (C=O) groups is 1. The fourth-order valence-corrected chi connectivity index (χ4v) is 5.04. The predicted octanol–water partition coefficient (Wildman–Crippen LogP) is 3.35. The first-order chi connectivity index (χ1) is 15.1. The summed E-state index contributed by atoms with van der Waals surface area (Å²) in [6.07, 6.45) is 0.794. The molecule has 0 saturated heterocycles. The molecule has 0 fully saturated rings. The van der Waals surface area contributed by atoms with E-state index < -0.39 is 10.0 Å². The van der Waals surface area contributed by atoms with Crippen LogP contribution in [0.4, 0.5) is 0 Å². The molecule has 1 aliphatic rings. The molecule has 172 valence electrons. The van der Waals surface area contributed by atoms with Gasteiger partial charge in [-0.3, -0.25) is 4.79 Å². The minimum Gasteiger partial charge on any atom is -0.349 e. The Kier molecular flexibility index (Phi) is 7.82. The molecule has 32 heavy (non-hydrogen) atoms. The van der Waals surface area contributed by atoms with Crippen molar-refractivity contribution in [3.05, 3.63) is 63.6 Å². The summed E-state index contributed by atoms with van der Waals surface area (Å²) in [6.45, 7) is 1.75. The van der Waals surface area contributed by atoms with Crippen LogP contribution in [0.1, 0.15) is 17.5 Å². The first-order valence-corrected chi connectivity index (χ1v) is 12.3. The van der Waals surface area contributed by atoms with E-state index in [1.807, 2.05) is 20.2 Å². The highest BCUT2D eigenvalue weighted by molar-refractivity contribution is 7.90. The van der Waals surface area contributed by atoms with Gasteiger partial charge in [-0.1, -0.05) is 41.4 Å². The summed E-state index contributed by atoms with van der Waals surface area (Å²) in [5, 5.41) is 0.892. The maximum absolute atomic E-state index is 13.2. The van der Waals surface area contributed by atoms with E-state index in [-0.39, 0.29) is 23.2 Å². The van der Waals surface area contributed by atoms with Crippen LogP contribution < -0.4 is 0 Å². The lowest BCUT2D eigenvalue weighted by molar-refractivity contribution is -0.132. The highest BCUT2D eigenvalue weighted by Gasteiger charge is 2.31. The zero-order valence-electron chi connectivity index (χ0n) is 18.3. The van der Waals surface area contributed by atoms with Crippen LogP contribution in [-0.4, -0.2) is 75.6 Å². The minimum absolute atomic E-state index is 0.00796. The summed E-state index contributed by atoms with van der Waals surface area (Å²) in [5.74, 6) is 0.138. The molecule has 0 radical (unpaired) electrons. The number of hydrogen-bond donors (Lipinski definition) is 0. The van der Waals surface area contributed by atoms with Gasteiger partial charge in [0.1, 0.15) is 4.90 Å². The number of hydrogen-bond acceptors (Lipinski definition) is 5. The molecular formula is C22H26Cl2N4O3S. The summed E-state index contributed by atoms with van der Waals surface area (Å²) in [6, 6.07) is 11.9. The number of carbonyl (C=O) groups excluding carboxylic acids is 1. The maximum atomic E-state index is 13.2. The molecule has 0 unspecified atom stereocenters. The lowest BCUT2D eigenvalue weighted by Crippen LogP contribution is -2.41. The minimum atomic E-state index is -3.75. The fraction of sp³-hybridized carbons (Fsp3) is 0.364. The number of halogens is 2. The average Bonchev–Trinajstić information content (AvgIpc) is 3.01. The molecule has 0 spiro atoms. The second kappa shape index (κ2) is 10.2. The zero-order chi connectivity index (χ0) is 23.5. The number of benzene rings is 2. The smallest absolute Gasteiger partial charge is 0.285 e. The van der Waals surface area contributed by atoms with Crippen LogP contribution in [0.3, 0.4) is 0 Å². The number of fused-ring (bicyclic) bond motifs is 1. The number of amidine groups is 1. The van der Waals surface area contributed by atoms with Crippen LogP contribution in [0.5, 0.6) is 0 Å². The molecule has 0 N–H and O–H groups in total. The molecule has 3 rings (SSSR count). The highest BCUT2D eigenvalue weighted by atomic mass is 35.5. The predicted molar refractivity (Wildman–Crippen MR) is 128 cm³/mol. The van der Waals surface area contributed by atoms with Crippen molar-refractivity contribution in [2.75, 3.05) is 40.8 Å². The van der Waals surface area contributed by atoms with Gasteiger partial charge >= 0.3 is 0 Å². The van der Waals surface area contributed by atoms with Gasteiger partial charge in [0, 0.05) is 25.7 Å². The van der Waals surface area contributed by atoms with Crippen molar-refractivity contribution in [1.29, 1.82) is 0 Å². The zero-order valence-corrected chi connectivity index (χ0v) is 20.6. The van der Waals surface area contributed by atoms with E-state index in [2.05, 4.69) is 9.30 Å². The molecule has 1 aliphatic heterocycles. The van der Waals surface area contributed by atoms with Crippen molar-refractivity contribution in [3.8, 4) is 0 Å². The Morgan fingerprint density at radius 1 is 1.00 bits per heavy atom. The number of nitrogens with zero attached hydrogens (tertiary/aromatic N) is 4. The number of sulfonamides is 1. The molecule has 7 nitrogen and oxygen atoms in total. The SMILES string of the molecule is CN(C)CCCN(Cc1ccc(Cl)c(Cl)c1)C(=O)CN(C)C1=NS(=O)(=O)c2ccccc21. The van der Waals surface area contributed by atoms with Gasteiger partial charge in [0.05, 0.1) is 16.6 Å². The van der Waals surface area contributed by atoms with Crippen molar-refractivity contribution >= 4 is 45.0 Å². The Morgan fingerprint density at radius 2 is 1.72 bits per heavy atom. The molecule has 0 saturated carbocycles. The fourth-order valence-electron chi connectivity index (χ4n) is 3.47. The van der Waals surface area contributed by atoms with Gasteiger partial charge in [-0.2, -0.15) is 8.42 Å². The quantitative estimate of drug-likeness (QED) is 0.560. The Balaban J connectivity index is 1.77. The van der Waals surface area contributed by atoms with Crippen LogP contribution in [0, 0.1) is 0 Å². The third kappa shape index (κ3) is 5.81. The third-order valence-corrected chi connectivity index (χ3v) is 7.15. The maximum Gasteiger partial charge on any atom is 0.285 e. The second-order valence-corrected chi connectivity index (χ2v) is 10.3. The Hall–Kier alpha value is -2.13. The Bertz CT molecular complexity index is 1140. The van der Waals surface area contributed by atoms with E-state index in [0.29, 0.717) is 28.7 Å². The van der Waals surface area contributed by atoms with Gasteiger partial charge in [0.25, 0.3) is 10.0 Å². The summed E-state index contributed by atoms with van der Waals surface area (Å²) in [5.41, 5.74) is 1.37. The average molecular weight is 497 g/mol. The molecule has 2 aromatic carbocycles. The summed E-state index contributed by atoms with van der Waals surface area (Å²) in [4.78, 5) is 18.8. The van der Waals surface area contributed by atoms with Crippen LogP contribution in [-0.2, 0) is 21.4 Å². The lowest BCUT2D eigenvalue weighted by atomic mass is 10.2. The van der Waals surface area contributed by atoms with Crippen molar-refractivity contribution in [1.82, 2.24) is 14.7 Å². The first-order valence-electron chi connectivity index (χ1n) is 10.1. The Labute approximate surface area is 199 Å². The monoisotopic (exact) mass is 496 g/mol. The molecule has 10 heteroatoms. The first kappa shape index (κ1) is 24.5. The van der Waals surface area contributed by atoms with Crippen molar-refractivity contribution in [2.24, 2.45) is 4.40 Å². The Morgan fingerprint density at radius 3 is 2.41 bits per heavy atom. The summed E-state index contributed by atoms with van der Waals surface area (Å²) < 4.78 is 28.6. The lowest BCUT2D eigenvalue weighted by Gasteiger charge is -2.27. The molecule has 0 aliphatic carbocycles. The van der Waals surface area contributed by atoms with Gasteiger partial charge < -0.3 is 14.7 Å². The number of amides is 1. The number of rotatable bonds is 8. The largest absolute Gasteiger partial charge is 0.349 e. The van der Waals surface area contributed by atoms with Gasteiger partial charge in [-0.25, -0.2) is 0 Å². The van der Waals surface area contributed by atoms with Crippen LogP contribution >= 0.6 is 23.2 Å². The van der Waals surface area contributed by atoms with Gasteiger partial charge in [-0.05, 0) is 56.9 Å². The molecule has 0 aromatic heterocycles. The molecule has 0 bridgehead atoms. The normalized spacial score (nSPS) is 14.2. The number of likely N-dealkylation sites (N-methyl/N-ethyl adjacent to an activating group) is 1. The van der Waals surface area contributed by atoms with Gasteiger partial charge in [0.15, 0.2) is 5.84 Å². The van der Waals surface area contributed by atoms with Gasteiger partial charge in [-0.15, -0.1) is 4.40 Å². The molecule has 2 aromatic rings. The van der Waals surface area contributed by atoms with E-state index in [9.17, 15) is 13.2 Å². The van der Waals surface area contributed by atoms with Crippen molar-refractivity contribution in [3.63, 3.8) is 0 Å². The third-order valence-electron chi connectivity index (χ3n) is 5.09.